The molecule has 0 aliphatic carbocycles. The molecule has 0 saturated carbocycles. The monoisotopic (exact) mass is 304 g/mol. The highest BCUT2D eigenvalue weighted by molar-refractivity contribution is 8.15. The minimum atomic E-state index is 0.0850. The van der Waals surface area contributed by atoms with E-state index in [4.69, 9.17) is 12.2 Å². The van der Waals surface area contributed by atoms with Crippen molar-refractivity contribution in [1.82, 2.24) is 4.57 Å². The molecule has 1 rings (SSSR count). The van der Waals surface area contributed by atoms with Crippen molar-refractivity contribution < 1.29 is 9.90 Å². The Morgan fingerprint density at radius 2 is 2.22 bits per heavy atom. The number of thiazole rings is 1. The fourth-order valence-electron chi connectivity index (χ4n) is 1.31. The number of Topliss-reactive ketones (excluding diaryl/α,β-unsaturated/α-hetero) is 1. The molecule has 0 aliphatic rings. The number of ketones is 1. The highest BCUT2D eigenvalue weighted by Crippen LogP contribution is 2.30. The molecule has 1 aromatic rings. The van der Waals surface area contributed by atoms with Crippen LogP contribution in [0.15, 0.2) is 4.99 Å². The van der Waals surface area contributed by atoms with E-state index >= 15 is 0 Å². The van der Waals surface area contributed by atoms with Crippen LogP contribution in [-0.4, -0.2) is 32.8 Å². The van der Waals surface area contributed by atoms with Gasteiger partial charge in [-0.2, -0.15) is 0 Å². The van der Waals surface area contributed by atoms with Gasteiger partial charge >= 0.3 is 0 Å². The van der Waals surface area contributed by atoms with Gasteiger partial charge in [-0.05, 0) is 33.0 Å². The number of carbonyl (C=O) groups excluding carboxylic acids is 1. The van der Waals surface area contributed by atoms with Crippen molar-refractivity contribution >= 4 is 46.1 Å². The van der Waals surface area contributed by atoms with Crippen LogP contribution in [0.3, 0.4) is 0 Å². The summed E-state index contributed by atoms with van der Waals surface area (Å²) in [5.74, 6) is 0.590. The van der Waals surface area contributed by atoms with E-state index in [1.54, 1.807) is 4.57 Å². The van der Waals surface area contributed by atoms with Crippen LogP contribution >= 0.6 is 35.3 Å². The molecule has 0 spiro atoms. The lowest BCUT2D eigenvalue weighted by molar-refractivity contribution is -0.114. The number of aromatic hydroxyl groups is 1. The molecule has 18 heavy (non-hydrogen) atoms. The van der Waals surface area contributed by atoms with Crippen LogP contribution in [0.5, 0.6) is 5.88 Å². The largest absolute Gasteiger partial charge is 0.493 e. The zero-order valence-corrected chi connectivity index (χ0v) is 13.0. The Morgan fingerprint density at radius 1 is 1.56 bits per heavy atom. The highest BCUT2D eigenvalue weighted by Gasteiger charge is 2.17. The van der Waals surface area contributed by atoms with Gasteiger partial charge in [-0.25, -0.2) is 0 Å². The van der Waals surface area contributed by atoms with E-state index < -0.39 is 0 Å². The van der Waals surface area contributed by atoms with Crippen LogP contribution < -0.4 is 0 Å². The molecular formula is C11H16N2O2S3. The third-order valence-corrected chi connectivity index (χ3v) is 4.83. The Kier molecular flexibility index (Phi) is 6.04. The smallest absolute Gasteiger partial charge is 0.213 e. The van der Waals surface area contributed by atoms with E-state index in [2.05, 4.69) is 4.99 Å². The maximum atomic E-state index is 11.0. The van der Waals surface area contributed by atoms with E-state index in [1.165, 1.54) is 30.0 Å². The van der Waals surface area contributed by atoms with E-state index in [0.717, 1.165) is 0 Å². The summed E-state index contributed by atoms with van der Waals surface area (Å²) in [6.07, 6.45) is 0. The summed E-state index contributed by atoms with van der Waals surface area (Å²) < 4.78 is 2.28. The van der Waals surface area contributed by atoms with Gasteiger partial charge in [0, 0.05) is 13.1 Å². The first kappa shape index (κ1) is 15.4. The van der Waals surface area contributed by atoms with E-state index in [9.17, 15) is 9.90 Å². The zero-order chi connectivity index (χ0) is 13.7. The summed E-state index contributed by atoms with van der Waals surface area (Å²) in [4.78, 5) is 16.0. The lowest BCUT2D eigenvalue weighted by Gasteiger charge is -2.04. The quantitative estimate of drug-likeness (QED) is 0.516. The van der Waals surface area contributed by atoms with Gasteiger partial charge in [0.15, 0.2) is 3.95 Å². The molecule has 0 amide bonds. The minimum absolute atomic E-state index is 0.0850. The molecule has 4 nitrogen and oxygen atoms in total. The molecule has 100 valence electrons. The van der Waals surface area contributed by atoms with Crippen molar-refractivity contribution in [1.29, 1.82) is 0 Å². The number of aliphatic imine (C=N–C) groups is 1. The lowest BCUT2D eigenvalue weighted by atomic mass is 10.5. The molecule has 0 aromatic carbocycles. The van der Waals surface area contributed by atoms with Crippen LogP contribution in [0.2, 0.25) is 0 Å². The molecule has 1 N–H and O–H groups in total. The molecule has 0 radical (unpaired) electrons. The van der Waals surface area contributed by atoms with Crippen LogP contribution in [0.4, 0.5) is 0 Å². The van der Waals surface area contributed by atoms with Crippen molar-refractivity contribution in [3.63, 3.8) is 0 Å². The predicted octanol–water partition coefficient (Wildman–Crippen LogP) is 3.09. The molecule has 0 unspecified atom stereocenters. The topological polar surface area (TPSA) is 54.6 Å². The second-order valence-electron chi connectivity index (χ2n) is 3.54. The summed E-state index contributed by atoms with van der Waals surface area (Å²) in [5, 5.41) is 10.8. The minimum Gasteiger partial charge on any atom is -0.493 e. The van der Waals surface area contributed by atoms with Crippen molar-refractivity contribution in [3.8, 4) is 5.88 Å². The second-order valence-corrected chi connectivity index (χ2v) is 6.14. The van der Waals surface area contributed by atoms with E-state index in [1.807, 2.05) is 13.8 Å². The first-order valence-corrected chi connectivity index (χ1v) is 7.81. The first-order valence-electron chi connectivity index (χ1n) is 5.60. The zero-order valence-electron chi connectivity index (χ0n) is 10.6. The van der Waals surface area contributed by atoms with Crippen LogP contribution in [0.1, 0.15) is 25.6 Å². The average Bonchev–Trinajstić information content (AvgIpc) is 2.59. The van der Waals surface area contributed by atoms with Gasteiger partial charge in [0.25, 0.3) is 0 Å². The van der Waals surface area contributed by atoms with Crippen LogP contribution in [0.25, 0.3) is 0 Å². The summed E-state index contributed by atoms with van der Waals surface area (Å²) in [6.45, 7) is 6.61. The Labute approximate surface area is 120 Å². The van der Waals surface area contributed by atoms with Crippen molar-refractivity contribution in [2.45, 2.75) is 27.3 Å². The molecule has 1 aromatic heterocycles. The van der Waals surface area contributed by atoms with Gasteiger partial charge in [-0.3, -0.25) is 14.4 Å². The van der Waals surface area contributed by atoms with Gasteiger partial charge in [0.1, 0.15) is 15.7 Å². The molecule has 0 bridgehead atoms. The van der Waals surface area contributed by atoms with Crippen molar-refractivity contribution in [3.05, 3.63) is 8.83 Å². The Bertz CT molecular complexity index is 517. The molecule has 0 atom stereocenters. The fourth-order valence-corrected chi connectivity index (χ4v) is 3.72. The summed E-state index contributed by atoms with van der Waals surface area (Å²) in [7, 11) is 0. The van der Waals surface area contributed by atoms with Crippen molar-refractivity contribution in [2.75, 3.05) is 12.3 Å². The fraction of sp³-hybridized carbons (Fsp3) is 0.545. The van der Waals surface area contributed by atoms with Gasteiger partial charge in [-0.1, -0.05) is 23.1 Å². The average molecular weight is 304 g/mol. The Balaban J connectivity index is 3.11. The molecule has 1 heterocycles. The molecular weight excluding hydrogens is 288 g/mol. The molecule has 0 aliphatic heterocycles. The third kappa shape index (κ3) is 3.66. The summed E-state index contributed by atoms with van der Waals surface area (Å²) in [6, 6.07) is 0. The van der Waals surface area contributed by atoms with Gasteiger partial charge < -0.3 is 5.11 Å². The van der Waals surface area contributed by atoms with E-state index in [0.29, 0.717) is 32.7 Å². The van der Waals surface area contributed by atoms with Crippen LogP contribution in [0, 0.1) is 3.95 Å². The van der Waals surface area contributed by atoms with Gasteiger partial charge in [0.05, 0.1) is 5.75 Å². The van der Waals surface area contributed by atoms with Crippen molar-refractivity contribution in [2.24, 2.45) is 4.99 Å². The molecule has 0 saturated heterocycles. The lowest BCUT2D eigenvalue weighted by Crippen LogP contribution is -2.02. The second kappa shape index (κ2) is 7.06. The summed E-state index contributed by atoms with van der Waals surface area (Å²) >= 11 is 7.86. The number of rotatable bonds is 5. The Morgan fingerprint density at radius 3 is 2.67 bits per heavy atom. The van der Waals surface area contributed by atoms with Gasteiger partial charge in [0.2, 0.25) is 5.88 Å². The SMILES string of the molecule is CCN=C(SCC(C)=O)c1sc(=S)n(CC)c1O. The maximum absolute atomic E-state index is 11.0. The highest BCUT2D eigenvalue weighted by atomic mass is 32.2. The van der Waals surface area contributed by atoms with Gasteiger partial charge in [-0.15, -0.1) is 0 Å². The number of thioether (sulfide) groups is 1. The maximum Gasteiger partial charge on any atom is 0.213 e. The number of hydrogen-bond acceptors (Lipinski definition) is 6. The summed E-state index contributed by atoms with van der Waals surface area (Å²) in [5.41, 5.74) is 0. The van der Waals surface area contributed by atoms with Crippen LogP contribution in [-0.2, 0) is 11.3 Å². The number of aromatic nitrogens is 1. The predicted molar refractivity (Wildman–Crippen MR) is 80.7 cm³/mol. The number of hydrogen-bond donors (Lipinski definition) is 1. The number of carbonyl (C=O) groups is 1. The molecule has 0 fully saturated rings. The molecule has 7 heteroatoms. The normalized spacial score (nSPS) is 11.8. The number of nitrogens with zero attached hydrogens (tertiary/aromatic N) is 2. The third-order valence-electron chi connectivity index (χ3n) is 2.09. The standard InChI is InChI=1S/C11H16N2O2S3/c1-4-12-9(17-6-7(3)14)8-10(15)13(5-2)11(16)18-8/h15H,4-6H2,1-3H3. The van der Waals surface area contributed by atoms with E-state index in [-0.39, 0.29) is 11.7 Å². The first-order chi connectivity index (χ1) is 8.51. The Hall–Kier alpha value is -0.660.